The van der Waals surface area contributed by atoms with Gasteiger partial charge in [0.05, 0.1) is 0 Å². The summed E-state index contributed by atoms with van der Waals surface area (Å²) in [4.78, 5) is 49.6. The number of imide groups is 1. The van der Waals surface area contributed by atoms with Crippen LogP contribution in [0.15, 0.2) is 0 Å². The molecule has 4 aliphatic rings. The van der Waals surface area contributed by atoms with Crippen LogP contribution in [-0.2, 0) is 19.1 Å². The summed E-state index contributed by atoms with van der Waals surface area (Å²) >= 11 is 0. The minimum atomic E-state index is -0.817. The maximum Gasteiger partial charge on any atom is 0.329 e. The third-order valence-corrected chi connectivity index (χ3v) is 7.32. The smallest absolute Gasteiger partial charge is 0.329 e. The fourth-order valence-corrected chi connectivity index (χ4v) is 5.93. The number of amides is 4. The first-order chi connectivity index (χ1) is 14.6. The minimum Gasteiger partial charge on any atom is -0.454 e. The molecule has 0 unspecified atom stereocenters. The topological polar surface area (TPSA) is 114 Å². The zero-order chi connectivity index (χ0) is 22.8. The second-order valence-electron chi connectivity index (χ2n) is 10.3. The number of nitrogens with one attached hydrogen (secondary N) is 3. The highest BCUT2D eigenvalue weighted by Crippen LogP contribution is 2.60. The summed E-state index contributed by atoms with van der Waals surface area (Å²) in [7, 11) is 0. The van der Waals surface area contributed by atoms with E-state index in [0.717, 1.165) is 25.7 Å². The number of ether oxygens (including phenoxy) is 1. The second-order valence-corrected chi connectivity index (χ2v) is 10.3. The molecule has 4 aliphatic carbocycles. The third kappa shape index (κ3) is 5.57. The van der Waals surface area contributed by atoms with E-state index < -0.39 is 30.6 Å². The zero-order valence-corrected chi connectivity index (χ0v) is 19.2. The predicted molar refractivity (Wildman–Crippen MR) is 115 cm³/mol. The van der Waals surface area contributed by atoms with E-state index in [2.05, 4.69) is 16.0 Å². The van der Waals surface area contributed by atoms with Crippen molar-refractivity contribution in [1.82, 2.24) is 16.0 Å². The monoisotopic (exact) mass is 435 g/mol. The normalized spacial score (nSPS) is 30.4. The number of hydrogen-bond donors (Lipinski definition) is 3. The number of hydrogen-bond acceptors (Lipinski definition) is 5. The van der Waals surface area contributed by atoms with Gasteiger partial charge in [-0.25, -0.2) is 9.59 Å². The fraction of sp³-hybridized carbons (Fsp3) is 0.826. The Bertz CT molecular complexity index is 685. The van der Waals surface area contributed by atoms with Crippen LogP contribution in [0.4, 0.5) is 4.79 Å². The molecular weight excluding hydrogens is 398 g/mol. The quantitative estimate of drug-likeness (QED) is 0.507. The van der Waals surface area contributed by atoms with Crippen LogP contribution in [0.2, 0.25) is 0 Å². The first-order valence-electron chi connectivity index (χ1n) is 11.7. The van der Waals surface area contributed by atoms with Crippen LogP contribution in [0.5, 0.6) is 0 Å². The summed E-state index contributed by atoms with van der Waals surface area (Å²) in [5.41, 5.74) is -0.354. The summed E-state index contributed by atoms with van der Waals surface area (Å²) in [6.07, 6.45) is 7.19. The first-order valence-corrected chi connectivity index (χ1v) is 11.7. The van der Waals surface area contributed by atoms with Gasteiger partial charge in [0.15, 0.2) is 6.61 Å². The largest absolute Gasteiger partial charge is 0.454 e. The van der Waals surface area contributed by atoms with E-state index in [1.165, 1.54) is 19.3 Å². The number of esters is 1. The molecule has 0 aromatic heterocycles. The van der Waals surface area contributed by atoms with Crippen molar-refractivity contribution in [2.45, 2.75) is 84.7 Å². The summed E-state index contributed by atoms with van der Waals surface area (Å²) in [5, 5.41) is 7.70. The van der Waals surface area contributed by atoms with Crippen molar-refractivity contribution in [2.75, 3.05) is 6.61 Å². The van der Waals surface area contributed by atoms with Crippen molar-refractivity contribution < 1.29 is 23.9 Å². The summed E-state index contributed by atoms with van der Waals surface area (Å²) in [6, 6.07) is -1.51. The molecule has 31 heavy (non-hydrogen) atoms. The van der Waals surface area contributed by atoms with Crippen molar-refractivity contribution in [2.24, 2.45) is 29.1 Å². The highest BCUT2D eigenvalue weighted by atomic mass is 16.5. The van der Waals surface area contributed by atoms with Gasteiger partial charge in [0.25, 0.3) is 5.91 Å². The van der Waals surface area contributed by atoms with Gasteiger partial charge >= 0.3 is 12.0 Å². The molecule has 4 bridgehead atoms. The van der Waals surface area contributed by atoms with Gasteiger partial charge in [0.2, 0.25) is 5.91 Å². The Balaban J connectivity index is 1.52. The lowest BCUT2D eigenvalue weighted by Crippen LogP contribution is -2.57. The van der Waals surface area contributed by atoms with Crippen LogP contribution in [0.1, 0.15) is 72.6 Å². The zero-order valence-electron chi connectivity index (χ0n) is 19.2. The van der Waals surface area contributed by atoms with Crippen molar-refractivity contribution in [3.05, 3.63) is 0 Å². The SMILES string of the molecule is CC[C@H](C)NC(=O)NC(=O)COC(=O)[C@H](NC(=O)C12CC3CC(CC(C3)C1)C2)C(C)C. The Hall–Kier alpha value is -2.12. The molecular formula is C23H37N3O5. The average molecular weight is 436 g/mol. The molecule has 0 radical (unpaired) electrons. The first kappa shape index (κ1) is 23.5. The van der Waals surface area contributed by atoms with Gasteiger partial charge < -0.3 is 15.4 Å². The van der Waals surface area contributed by atoms with Gasteiger partial charge in [-0.3, -0.25) is 14.9 Å². The van der Waals surface area contributed by atoms with Crippen LogP contribution < -0.4 is 16.0 Å². The molecule has 0 saturated heterocycles. The number of urea groups is 1. The van der Waals surface area contributed by atoms with Crippen molar-refractivity contribution in [3.8, 4) is 0 Å². The molecule has 3 N–H and O–H groups in total. The number of rotatable bonds is 8. The lowest BCUT2D eigenvalue weighted by atomic mass is 9.49. The Morgan fingerprint density at radius 1 is 0.935 bits per heavy atom. The van der Waals surface area contributed by atoms with Crippen LogP contribution >= 0.6 is 0 Å². The van der Waals surface area contributed by atoms with Gasteiger partial charge in [0.1, 0.15) is 6.04 Å². The Morgan fingerprint density at radius 2 is 1.48 bits per heavy atom. The molecule has 0 spiro atoms. The van der Waals surface area contributed by atoms with Crippen molar-refractivity contribution in [3.63, 3.8) is 0 Å². The molecule has 174 valence electrons. The van der Waals surface area contributed by atoms with Crippen LogP contribution in [0.25, 0.3) is 0 Å². The predicted octanol–water partition coefficient (Wildman–Crippen LogP) is 2.51. The van der Waals surface area contributed by atoms with E-state index in [-0.39, 0.29) is 23.3 Å². The average Bonchev–Trinajstić information content (AvgIpc) is 2.68. The molecule has 2 atom stereocenters. The number of carbonyl (C=O) groups is 4. The van der Waals surface area contributed by atoms with Crippen LogP contribution in [0, 0.1) is 29.1 Å². The Kier molecular flexibility index (Phi) is 7.27. The molecule has 0 aromatic carbocycles. The maximum atomic E-state index is 13.3. The lowest BCUT2D eigenvalue weighted by Gasteiger charge is -2.55. The summed E-state index contributed by atoms with van der Waals surface area (Å²) < 4.78 is 5.13. The molecule has 8 nitrogen and oxygen atoms in total. The molecule has 0 aliphatic heterocycles. The van der Waals surface area contributed by atoms with Crippen molar-refractivity contribution in [1.29, 1.82) is 0 Å². The molecule has 4 amide bonds. The molecule has 0 aromatic rings. The van der Waals surface area contributed by atoms with E-state index in [1.54, 1.807) is 0 Å². The van der Waals surface area contributed by atoms with Gasteiger partial charge in [0, 0.05) is 11.5 Å². The maximum absolute atomic E-state index is 13.3. The van der Waals surface area contributed by atoms with E-state index in [9.17, 15) is 19.2 Å². The highest BCUT2D eigenvalue weighted by molar-refractivity contribution is 5.96. The fourth-order valence-electron chi connectivity index (χ4n) is 5.93. The van der Waals surface area contributed by atoms with Crippen LogP contribution in [0.3, 0.4) is 0 Å². The standard InChI is InChI=1S/C23H37N3O5/c1-5-14(4)24-22(30)25-18(27)12-31-20(28)19(13(2)3)26-21(29)23-9-15-6-16(10-23)8-17(7-15)11-23/h13-17,19H,5-12H2,1-4H3,(H,26,29)(H2,24,25,27,30)/t14-,15?,16?,17?,19+,23?/m0/s1. The number of carbonyl (C=O) groups excluding carboxylic acids is 4. The third-order valence-electron chi connectivity index (χ3n) is 7.32. The van der Waals surface area contributed by atoms with E-state index >= 15 is 0 Å². The Morgan fingerprint density at radius 3 is 1.97 bits per heavy atom. The highest BCUT2D eigenvalue weighted by Gasteiger charge is 2.55. The molecule has 4 rings (SSSR count). The van der Waals surface area contributed by atoms with Gasteiger partial charge in [-0.1, -0.05) is 20.8 Å². The Labute approximate surface area is 184 Å². The van der Waals surface area contributed by atoms with E-state index in [1.807, 2.05) is 27.7 Å². The molecule has 4 saturated carbocycles. The summed E-state index contributed by atoms with van der Waals surface area (Å²) in [5.74, 6) is 0.321. The second kappa shape index (κ2) is 9.57. The molecule has 0 heterocycles. The minimum absolute atomic E-state index is 0.0420. The molecule has 8 heteroatoms. The van der Waals surface area contributed by atoms with E-state index in [0.29, 0.717) is 17.8 Å². The summed E-state index contributed by atoms with van der Waals surface area (Å²) in [6.45, 7) is 6.85. The van der Waals surface area contributed by atoms with Crippen molar-refractivity contribution >= 4 is 23.8 Å². The molecule has 4 fully saturated rings. The lowest BCUT2D eigenvalue weighted by molar-refractivity contribution is -0.157. The van der Waals surface area contributed by atoms with E-state index in [4.69, 9.17) is 4.74 Å². The van der Waals surface area contributed by atoms with Gasteiger partial charge in [-0.2, -0.15) is 0 Å². The van der Waals surface area contributed by atoms with Gasteiger partial charge in [-0.15, -0.1) is 0 Å². The van der Waals surface area contributed by atoms with Gasteiger partial charge in [-0.05, 0) is 75.5 Å². The van der Waals surface area contributed by atoms with Crippen LogP contribution in [-0.4, -0.2) is 42.5 Å².